The van der Waals surface area contributed by atoms with E-state index in [9.17, 15) is 0 Å². The maximum Gasteiger partial charge on any atom is 0.195 e. The number of rotatable bonds is 5. The summed E-state index contributed by atoms with van der Waals surface area (Å²) in [6.45, 7) is 0.688. The first-order valence-corrected chi connectivity index (χ1v) is 10.7. The number of nitrogens with zero attached hydrogens (tertiary/aromatic N) is 5. The lowest BCUT2D eigenvalue weighted by Gasteiger charge is -2.10. The van der Waals surface area contributed by atoms with Gasteiger partial charge < -0.3 is 0 Å². The summed E-state index contributed by atoms with van der Waals surface area (Å²) in [5, 5.41) is 13.7. The molecule has 0 amide bonds. The number of fused-ring (bicyclic) bond motifs is 1. The van der Waals surface area contributed by atoms with E-state index < -0.39 is 0 Å². The molecule has 0 bridgehead atoms. The molecule has 6 nitrogen and oxygen atoms in total. The summed E-state index contributed by atoms with van der Waals surface area (Å²) < 4.78 is 4.68. The summed E-state index contributed by atoms with van der Waals surface area (Å²) in [5.74, 6) is 1.97. The van der Waals surface area contributed by atoms with Crippen LogP contribution in [0.4, 0.5) is 0 Å². The molecule has 2 aliphatic rings. The van der Waals surface area contributed by atoms with E-state index >= 15 is 0 Å². The second-order valence-electron chi connectivity index (χ2n) is 8.27. The normalized spacial score (nSPS) is 16.6. The molecule has 1 N–H and O–H groups in total. The fourth-order valence-corrected chi connectivity index (χ4v) is 4.34. The standard InChI is InChI=1S/C22H22N6S/c1-27-21-18(19(26-27)15-9-10-15)16(11-17(23-21)14-7-8-14)20-24-25-22(29)28(20)12-13-5-3-2-4-6-13/h2-6,11,14-15H,7-10,12H2,1H3,(H,25,29). The van der Waals surface area contributed by atoms with Crippen molar-refractivity contribution in [3.63, 3.8) is 0 Å². The predicted octanol–water partition coefficient (Wildman–Crippen LogP) is 4.69. The average molecular weight is 403 g/mol. The summed E-state index contributed by atoms with van der Waals surface area (Å²) in [6, 6.07) is 12.6. The summed E-state index contributed by atoms with van der Waals surface area (Å²) >= 11 is 5.60. The zero-order chi connectivity index (χ0) is 19.5. The van der Waals surface area contributed by atoms with Crippen LogP contribution in [0.2, 0.25) is 0 Å². The third-order valence-corrected chi connectivity index (χ3v) is 6.29. The van der Waals surface area contributed by atoms with E-state index in [1.54, 1.807) is 0 Å². The van der Waals surface area contributed by atoms with Gasteiger partial charge in [-0.05, 0) is 49.5 Å². The van der Waals surface area contributed by atoms with Crippen molar-refractivity contribution in [3.8, 4) is 11.4 Å². The zero-order valence-corrected chi connectivity index (χ0v) is 17.1. The number of aromatic amines is 1. The number of hydrogen-bond acceptors (Lipinski definition) is 4. The van der Waals surface area contributed by atoms with Crippen molar-refractivity contribution in [3.05, 3.63) is 58.1 Å². The molecule has 7 heteroatoms. The minimum atomic E-state index is 0.538. The molecule has 3 heterocycles. The van der Waals surface area contributed by atoms with Crippen molar-refractivity contribution in [2.75, 3.05) is 0 Å². The molecule has 2 saturated carbocycles. The molecule has 2 fully saturated rings. The first-order chi connectivity index (χ1) is 14.2. The van der Waals surface area contributed by atoms with Gasteiger partial charge in [0, 0.05) is 30.1 Å². The number of nitrogens with one attached hydrogen (secondary N) is 1. The van der Waals surface area contributed by atoms with Crippen LogP contribution in [0.25, 0.3) is 22.4 Å². The third kappa shape index (κ3) is 2.92. The highest BCUT2D eigenvalue weighted by molar-refractivity contribution is 7.71. The SMILES string of the molecule is Cn1nc(C2CC2)c2c(-c3n[nH]c(=S)n3Cc3ccccc3)cc(C3CC3)nc21. The Hall–Kier alpha value is -2.80. The zero-order valence-electron chi connectivity index (χ0n) is 16.3. The monoisotopic (exact) mass is 402 g/mol. The van der Waals surface area contributed by atoms with E-state index in [0.717, 1.165) is 33.8 Å². The van der Waals surface area contributed by atoms with E-state index in [1.807, 2.05) is 17.8 Å². The van der Waals surface area contributed by atoms with Crippen LogP contribution < -0.4 is 0 Å². The maximum atomic E-state index is 5.60. The molecule has 0 spiro atoms. The smallest absolute Gasteiger partial charge is 0.195 e. The van der Waals surface area contributed by atoms with Crippen LogP contribution in [0, 0.1) is 4.77 Å². The van der Waals surface area contributed by atoms with Gasteiger partial charge in [0.05, 0.1) is 17.6 Å². The van der Waals surface area contributed by atoms with Gasteiger partial charge in [-0.25, -0.2) is 4.98 Å². The van der Waals surface area contributed by atoms with Crippen molar-refractivity contribution in [1.29, 1.82) is 0 Å². The molecule has 0 saturated heterocycles. The predicted molar refractivity (Wildman–Crippen MR) is 114 cm³/mol. The van der Waals surface area contributed by atoms with Crippen LogP contribution in [-0.2, 0) is 13.6 Å². The minimum Gasteiger partial charge on any atom is -0.296 e. The number of benzene rings is 1. The molecular formula is C22H22N6S. The summed E-state index contributed by atoms with van der Waals surface area (Å²) in [7, 11) is 2.00. The first kappa shape index (κ1) is 17.1. The average Bonchev–Trinajstić information content (AvgIpc) is 3.66. The molecule has 4 aromatic rings. The van der Waals surface area contributed by atoms with Crippen LogP contribution in [-0.4, -0.2) is 29.5 Å². The van der Waals surface area contributed by atoms with Gasteiger partial charge in [-0.15, -0.1) is 0 Å². The van der Waals surface area contributed by atoms with Crippen molar-refractivity contribution in [1.82, 2.24) is 29.5 Å². The molecule has 0 unspecified atom stereocenters. The van der Waals surface area contributed by atoms with E-state index in [4.69, 9.17) is 22.3 Å². The van der Waals surface area contributed by atoms with Crippen LogP contribution in [0.3, 0.4) is 0 Å². The molecular weight excluding hydrogens is 380 g/mol. The van der Waals surface area contributed by atoms with Gasteiger partial charge in [0.2, 0.25) is 0 Å². The largest absolute Gasteiger partial charge is 0.296 e. The van der Waals surface area contributed by atoms with Gasteiger partial charge >= 0.3 is 0 Å². The number of aryl methyl sites for hydroxylation is 1. The van der Waals surface area contributed by atoms with Gasteiger partial charge in [0.15, 0.2) is 16.2 Å². The molecule has 0 atom stereocenters. The number of hydrogen-bond donors (Lipinski definition) is 1. The summed E-state index contributed by atoms with van der Waals surface area (Å²) in [6.07, 6.45) is 4.82. The van der Waals surface area contributed by atoms with Gasteiger partial charge in [-0.1, -0.05) is 30.3 Å². The fraction of sp³-hybridized carbons (Fsp3) is 0.364. The van der Waals surface area contributed by atoms with E-state index in [2.05, 4.69) is 45.1 Å². The Morgan fingerprint density at radius 2 is 1.86 bits per heavy atom. The summed E-state index contributed by atoms with van der Waals surface area (Å²) in [5.41, 5.74) is 5.58. The second kappa shape index (κ2) is 6.35. The highest BCUT2D eigenvalue weighted by Gasteiger charge is 2.33. The Kier molecular flexibility index (Phi) is 3.74. The molecule has 1 aromatic carbocycles. The second-order valence-corrected chi connectivity index (χ2v) is 8.66. The lowest BCUT2D eigenvalue weighted by atomic mass is 10.0. The third-order valence-electron chi connectivity index (χ3n) is 5.98. The molecule has 3 aromatic heterocycles. The van der Waals surface area contributed by atoms with Crippen LogP contribution in [0.15, 0.2) is 36.4 Å². The topological polar surface area (TPSA) is 64.3 Å². The van der Waals surface area contributed by atoms with E-state index in [1.165, 1.54) is 31.2 Å². The maximum absolute atomic E-state index is 5.60. The van der Waals surface area contributed by atoms with Crippen molar-refractivity contribution >= 4 is 23.3 Å². The van der Waals surface area contributed by atoms with Gasteiger partial charge in [-0.2, -0.15) is 10.2 Å². The van der Waals surface area contributed by atoms with Crippen LogP contribution in [0.5, 0.6) is 0 Å². The van der Waals surface area contributed by atoms with E-state index in [-0.39, 0.29) is 0 Å². The first-order valence-electron chi connectivity index (χ1n) is 10.3. The molecule has 146 valence electrons. The van der Waals surface area contributed by atoms with Crippen molar-refractivity contribution in [2.24, 2.45) is 7.05 Å². The summed E-state index contributed by atoms with van der Waals surface area (Å²) in [4.78, 5) is 5.00. The molecule has 29 heavy (non-hydrogen) atoms. The molecule has 6 rings (SSSR count). The molecule has 0 aliphatic heterocycles. The number of aromatic nitrogens is 6. The lowest BCUT2D eigenvalue weighted by Crippen LogP contribution is -2.04. The Morgan fingerprint density at radius 3 is 2.59 bits per heavy atom. The van der Waals surface area contributed by atoms with Gasteiger partial charge in [0.1, 0.15) is 0 Å². The van der Waals surface area contributed by atoms with Gasteiger partial charge in [0.25, 0.3) is 0 Å². The minimum absolute atomic E-state index is 0.538. The highest BCUT2D eigenvalue weighted by Crippen LogP contribution is 2.46. The highest BCUT2D eigenvalue weighted by atomic mass is 32.1. The molecule has 0 radical (unpaired) electrons. The Bertz CT molecular complexity index is 1270. The molecule has 2 aliphatic carbocycles. The van der Waals surface area contributed by atoms with Gasteiger partial charge in [-0.3, -0.25) is 14.3 Å². The van der Waals surface area contributed by atoms with Crippen LogP contribution >= 0.6 is 12.2 Å². The number of pyridine rings is 1. The Labute approximate surface area is 173 Å². The van der Waals surface area contributed by atoms with E-state index in [0.29, 0.717) is 23.2 Å². The fourth-order valence-electron chi connectivity index (χ4n) is 4.14. The van der Waals surface area contributed by atoms with Crippen molar-refractivity contribution in [2.45, 2.75) is 44.1 Å². The Balaban J connectivity index is 1.59. The Morgan fingerprint density at radius 1 is 1.10 bits per heavy atom. The quantitative estimate of drug-likeness (QED) is 0.492. The number of H-pyrrole nitrogens is 1. The van der Waals surface area contributed by atoms with Crippen LogP contribution in [0.1, 0.15) is 54.5 Å². The lowest BCUT2D eigenvalue weighted by molar-refractivity contribution is 0.757. The van der Waals surface area contributed by atoms with Crippen molar-refractivity contribution < 1.29 is 0 Å².